The largest absolute Gasteiger partial charge is 0.378 e. The van der Waals surface area contributed by atoms with Crippen LogP contribution in [-0.2, 0) is 14.3 Å². The van der Waals surface area contributed by atoms with Crippen molar-refractivity contribution in [3.63, 3.8) is 0 Å². The summed E-state index contributed by atoms with van der Waals surface area (Å²) in [6, 6.07) is 30.8. The number of piperidine rings is 1. The van der Waals surface area contributed by atoms with Crippen molar-refractivity contribution in [3.05, 3.63) is 108 Å². The summed E-state index contributed by atoms with van der Waals surface area (Å²) >= 11 is 0. The van der Waals surface area contributed by atoms with Gasteiger partial charge in [-0.3, -0.25) is 4.79 Å². The molecular weight excluding hydrogens is 436 g/mol. The predicted octanol–water partition coefficient (Wildman–Crippen LogP) is 5.26. The molecule has 0 aromatic heterocycles. The topological polar surface area (TPSA) is 50.8 Å². The zero-order chi connectivity index (χ0) is 24.1. The second-order valence-electron chi connectivity index (χ2n) is 8.63. The van der Waals surface area contributed by atoms with Crippen LogP contribution in [0.15, 0.2) is 96.6 Å². The number of benzene rings is 3. The average Bonchev–Trinajstić information content (AvgIpc) is 2.91. The molecule has 0 unspecified atom stereocenters. The van der Waals surface area contributed by atoms with E-state index in [1.807, 2.05) is 30.3 Å². The zero-order valence-corrected chi connectivity index (χ0v) is 20.2. The molecule has 0 saturated carbocycles. The Kier molecular flexibility index (Phi) is 9.65. The molecule has 3 aromatic rings. The smallest absolute Gasteiger partial charge is 0.250 e. The fourth-order valence-corrected chi connectivity index (χ4v) is 4.38. The number of likely N-dealkylation sites (tertiary alicyclic amines) is 1. The second kappa shape index (κ2) is 13.6. The van der Waals surface area contributed by atoms with Crippen LogP contribution in [0.2, 0.25) is 0 Å². The highest BCUT2D eigenvalue weighted by Crippen LogP contribution is 2.32. The molecule has 35 heavy (non-hydrogen) atoms. The number of nitrogens with zero attached hydrogens (tertiary/aromatic N) is 1. The number of hydrogen-bond donors (Lipinski definition) is 1. The Bertz CT molecular complexity index is 1020. The number of rotatable bonds is 11. The van der Waals surface area contributed by atoms with Crippen molar-refractivity contribution in [2.24, 2.45) is 0 Å². The van der Waals surface area contributed by atoms with Crippen molar-refractivity contribution in [1.82, 2.24) is 4.90 Å². The maximum Gasteiger partial charge on any atom is 0.250 e. The summed E-state index contributed by atoms with van der Waals surface area (Å²) < 4.78 is 11.2. The van der Waals surface area contributed by atoms with Crippen LogP contribution in [0.1, 0.15) is 24.0 Å². The van der Waals surface area contributed by atoms with E-state index < -0.39 is 0 Å². The molecule has 1 N–H and O–H groups in total. The van der Waals surface area contributed by atoms with E-state index in [2.05, 4.69) is 70.9 Å². The molecule has 0 radical (unpaired) electrons. The lowest BCUT2D eigenvalue weighted by atomic mass is 9.88. The van der Waals surface area contributed by atoms with Crippen LogP contribution in [0.3, 0.4) is 0 Å². The Hall–Kier alpha value is -3.25. The number of ether oxygens (including phenoxy) is 2. The number of anilines is 1. The van der Waals surface area contributed by atoms with Gasteiger partial charge in [-0.05, 0) is 41.7 Å². The van der Waals surface area contributed by atoms with Gasteiger partial charge in [-0.1, -0.05) is 84.4 Å². The molecule has 3 aromatic carbocycles. The van der Waals surface area contributed by atoms with E-state index >= 15 is 0 Å². The molecule has 0 spiro atoms. The summed E-state index contributed by atoms with van der Waals surface area (Å²) in [5, 5.41) is 2.80. The van der Waals surface area contributed by atoms with Crippen LogP contribution in [0.5, 0.6) is 0 Å². The van der Waals surface area contributed by atoms with Crippen LogP contribution < -0.4 is 5.32 Å². The summed E-state index contributed by atoms with van der Waals surface area (Å²) in [4.78, 5) is 14.3. The first-order chi connectivity index (χ1) is 17.3. The fourth-order valence-electron chi connectivity index (χ4n) is 4.38. The van der Waals surface area contributed by atoms with Crippen LogP contribution in [0.4, 0.5) is 5.69 Å². The minimum atomic E-state index is -0.154. The maximum atomic E-state index is 11.9. The van der Waals surface area contributed by atoms with Crippen molar-refractivity contribution in [2.75, 3.05) is 51.4 Å². The lowest BCUT2D eigenvalue weighted by Gasteiger charge is -2.30. The van der Waals surface area contributed by atoms with Gasteiger partial charge in [-0.2, -0.15) is 0 Å². The third-order valence-electron chi connectivity index (χ3n) is 6.15. The highest BCUT2D eigenvalue weighted by Gasteiger charge is 2.18. The Morgan fingerprint density at radius 2 is 1.26 bits per heavy atom. The fraction of sp³-hybridized carbons (Fsp3) is 0.300. The van der Waals surface area contributed by atoms with Gasteiger partial charge in [0.2, 0.25) is 5.91 Å². The number of carbonyl (C=O) groups excluding carboxylic acids is 1. The Morgan fingerprint density at radius 3 is 1.86 bits per heavy atom. The normalized spacial score (nSPS) is 14.0. The summed E-state index contributed by atoms with van der Waals surface area (Å²) in [5.74, 6) is -0.154. The molecule has 1 saturated heterocycles. The van der Waals surface area contributed by atoms with Gasteiger partial charge in [0, 0.05) is 25.3 Å². The molecule has 1 aliphatic rings. The van der Waals surface area contributed by atoms with E-state index in [-0.39, 0.29) is 12.5 Å². The first-order valence-electron chi connectivity index (χ1n) is 12.4. The van der Waals surface area contributed by atoms with E-state index in [1.54, 1.807) is 0 Å². The van der Waals surface area contributed by atoms with Gasteiger partial charge in [0.15, 0.2) is 0 Å². The SMILES string of the molecule is O=C(COCCOCCN1CCC(=C(c2ccccc2)c2ccccc2)CC1)Nc1ccccc1. The number of nitrogens with one attached hydrogen (secondary N) is 1. The van der Waals surface area contributed by atoms with Gasteiger partial charge in [0.25, 0.3) is 0 Å². The molecule has 0 aliphatic carbocycles. The summed E-state index contributed by atoms with van der Waals surface area (Å²) in [5.41, 5.74) is 6.28. The minimum absolute atomic E-state index is 0.0324. The monoisotopic (exact) mass is 470 g/mol. The second-order valence-corrected chi connectivity index (χ2v) is 8.63. The van der Waals surface area contributed by atoms with Crippen LogP contribution in [0.25, 0.3) is 5.57 Å². The molecule has 0 atom stereocenters. The van der Waals surface area contributed by atoms with E-state index in [9.17, 15) is 4.79 Å². The average molecular weight is 471 g/mol. The van der Waals surface area contributed by atoms with Crippen LogP contribution >= 0.6 is 0 Å². The third-order valence-corrected chi connectivity index (χ3v) is 6.15. The maximum absolute atomic E-state index is 11.9. The highest BCUT2D eigenvalue weighted by molar-refractivity contribution is 5.91. The van der Waals surface area contributed by atoms with Crippen molar-refractivity contribution in [1.29, 1.82) is 0 Å². The highest BCUT2D eigenvalue weighted by atomic mass is 16.5. The molecule has 1 aliphatic heterocycles. The molecule has 0 bridgehead atoms. The number of amides is 1. The standard InChI is InChI=1S/C30H34N2O3/c33-29(31-28-14-8-3-9-15-28)24-35-23-22-34-21-20-32-18-16-27(17-19-32)30(25-10-4-1-5-11-25)26-12-6-2-7-13-26/h1-15H,16-24H2,(H,31,33). The zero-order valence-electron chi connectivity index (χ0n) is 20.2. The van der Waals surface area contributed by atoms with Gasteiger partial charge in [0.05, 0.1) is 19.8 Å². The van der Waals surface area contributed by atoms with Gasteiger partial charge < -0.3 is 19.7 Å². The van der Waals surface area contributed by atoms with Crippen molar-refractivity contribution < 1.29 is 14.3 Å². The lowest BCUT2D eigenvalue weighted by molar-refractivity contribution is -0.121. The van der Waals surface area contributed by atoms with Gasteiger partial charge in [0.1, 0.15) is 6.61 Å². The van der Waals surface area contributed by atoms with Gasteiger partial charge >= 0.3 is 0 Å². The minimum Gasteiger partial charge on any atom is -0.378 e. The third kappa shape index (κ3) is 7.89. The Morgan fingerprint density at radius 1 is 0.714 bits per heavy atom. The number of carbonyl (C=O) groups is 1. The number of hydrogen-bond acceptors (Lipinski definition) is 4. The quantitative estimate of drug-likeness (QED) is 0.389. The number of para-hydroxylation sites is 1. The van der Waals surface area contributed by atoms with E-state index in [0.29, 0.717) is 19.8 Å². The van der Waals surface area contributed by atoms with E-state index in [0.717, 1.165) is 38.2 Å². The molecule has 1 amide bonds. The van der Waals surface area contributed by atoms with Crippen molar-refractivity contribution >= 4 is 17.2 Å². The van der Waals surface area contributed by atoms with Crippen molar-refractivity contribution in [2.45, 2.75) is 12.8 Å². The molecular formula is C30H34N2O3. The van der Waals surface area contributed by atoms with Gasteiger partial charge in [-0.25, -0.2) is 0 Å². The molecule has 5 nitrogen and oxygen atoms in total. The summed E-state index contributed by atoms with van der Waals surface area (Å²) in [7, 11) is 0. The molecule has 182 valence electrons. The van der Waals surface area contributed by atoms with Crippen molar-refractivity contribution in [3.8, 4) is 0 Å². The summed E-state index contributed by atoms with van der Waals surface area (Å²) in [6.45, 7) is 4.59. The molecule has 4 rings (SSSR count). The Balaban J connectivity index is 1.16. The molecule has 1 fully saturated rings. The van der Waals surface area contributed by atoms with E-state index in [4.69, 9.17) is 9.47 Å². The first-order valence-corrected chi connectivity index (χ1v) is 12.4. The van der Waals surface area contributed by atoms with E-state index in [1.165, 1.54) is 22.3 Å². The molecule has 5 heteroatoms. The van der Waals surface area contributed by atoms with Crippen LogP contribution in [-0.4, -0.2) is 56.9 Å². The summed E-state index contributed by atoms with van der Waals surface area (Å²) in [6.07, 6.45) is 2.14. The Labute approximate surface area is 208 Å². The van der Waals surface area contributed by atoms with Gasteiger partial charge in [-0.15, -0.1) is 0 Å². The molecule has 1 heterocycles. The first kappa shape index (κ1) is 24.9. The lowest BCUT2D eigenvalue weighted by Crippen LogP contribution is -2.34. The van der Waals surface area contributed by atoms with Crippen LogP contribution in [0, 0.1) is 0 Å². The predicted molar refractivity (Wildman–Crippen MR) is 141 cm³/mol.